The zero-order chi connectivity index (χ0) is 12.1. The third-order valence-electron chi connectivity index (χ3n) is 2.01. The first kappa shape index (κ1) is 14.9. The second-order valence-electron chi connectivity index (χ2n) is 4.45. The Balaban J connectivity index is 4.60. The van der Waals surface area contributed by atoms with Crippen molar-refractivity contribution in [1.29, 1.82) is 0 Å². The molecule has 0 spiro atoms. The van der Waals surface area contributed by atoms with Crippen LogP contribution in [0.5, 0.6) is 0 Å². The Kier molecular flexibility index (Phi) is 6.40. The third-order valence-corrected chi connectivity index (χ3v) is 4.42. The van der Waals surface area contributed by atoms with Gasteiger partial charge < -0.3 is 5.11 Å². The minimum Gasteiger partial charge on any atom is -0.396 e. The van der Waals surface area contributed by atoms with Gasteiger partial charge in [-0.25, -0.2) is 8.42 Å². The zero-order valence-electron chi connectivity index (χ0n) is 10.1. The summed E-state index contributed by atoms with van der Waals surface area (Å²) >= 11 is 0. The van der Waals surface area contributed by atoms with Gasteiger partial charge in [0, 0.05) is 19.2 Å². The lowest BCUT2D eigenvalue weighted by molar-refractivity contribution is 0.258. The minimum absolute atomic E-state index is 0.0282. The number of rotatable bonds is 7. The second kappa shape index (κ2) is 6.45. The molecule has 4 nitrogen and oxygen atoms in total. The molecule has 0 aromatic rings. The quantitative estimate of drug-likeness (QED) is 0.720. The molecule has 0 atom stereocenters. The molecule has 0 bridgehead atoms. The lowest BCUT2D eigenvalue weighted by Crippen LogP contribution is -2.40. The molecule has 92 valence electrons. The average Bonchev–Trinajstić information content (AvgIpc) is 2.00. The molecule has 0 rings (SSSR count). The van der Waals surface area contributed by atoms with Gasteiger partial charge in [0.2, 0.25) is 10.0 Å². The van der Waals surface area contributed by atoms with Gasteiger partial charge in [-0.1, -0.05) is 13.8 Å². The Morgan fingerprint density at radius 3 is 2.07 bits per heavy atom. The van der Waals surface area contributed by atoms with Crippen molar-refractivity contribution in [3.05, 3.63) is 0 Å². The fourth-order valence-electron chi connectivity index (χ4n) is 1.46. The van der Waals surface area contributed by atoms with Gasteiger partial charge in [0.15, 0.2) is 0 Å². The van der Waals surface area contributed by atoms with Crippen molar-refractivity contribution in [2.45, 2.75) is 40.2 Å². The normalized spacial score (nSPS) is 13.1. The zero-order valence-corrected chi connectivity index (χ0v) is 10.9. The van der Waals surface area contributed by atoms with Crippen LogP contribution in [0, 0.1) is 5.92 Å². The molecule has 5 heteroatoms. The van der Waals surface area contributed by atoms with Gasteiger partial charge in [-0.2, -0.15) is 4.31 Å². The molecular formula is C10H23NO3S. The molecule has 0 aliphatic carbocycles. The fourth-order valence-corrected chi connectivity index (χ4v) is 3.55. The van der Waals surface area contributed by atoms with Crippen LogP contribution < -0.4 is 0 Å². The maximum atomic E-state index is 11.9. The van der Waals surface area contributed by atoms with Crippen molar-refractivity contribution >= 4 is 10.0 Å². The van der Waals surface area contributed by atoms with Gasteiger partial charge >= 0.3 is 0 Å². The molecule has 0 fully saturated rings. The highest BCUT2D eigenvalue weighted by molar-refractivity contribution is 7.89. The van der Waals surface area contributed by atoms with Crippen LogP contribution in [-0.2, 0) is 10.0 Å². The van der Waals surface area contributed by atoms with E-state index in [-0.39, 0.29) is 24.3 Å². The summed E-state index contributed by atoms with van der Waals surface area (Å²) in [7, 11) is -3.17. The van der Waals surface area contributed by atoms with E-state index in [4.69, 9.17) is 5.11 Å². The predicted octanol–water partition coefficient (Wildman–Crippen LogP) is 1.06. The van der Waals surface area contributed by atoms with E-state index in [1.54, 1.807) is 0 Å². The van der Waals surface area contributed by atoms with Gasteiger partial charge in [-0.15, -0.1) is 0 Å². The van der Waals surface area contributed by atoms with Crippen molar-refractivity contribution in [2.75, 3.05) is 18.9 Å². The van der Waals surface area contributed by atoms with Crippen LogP contribution in [0.15, 0.2) is 0 Å². The summed E-state index contributed by atoms with van der Waals surface area (Å²) < 4.78 is 25.3. The monoisotopic (exact) mass is 237 g/mol. The van der Waals surface area contributed by atoms with Crippen molar-refractivity contribution < 1.29 is 13.5 Å². The van der Waals surface area contributed by atoms with E-state index in [0.717, 1.165) is 0 Å². The largest absolute Gasteiger partial charge is 0.396 e. The smallest absolute Gasteiger partial charge is 0.214 e. The molecule has 0 saturated heterocycles. The van der Waals surface area contributed by atoms with E-state index in [1.165, 1.54) is 4.31 Å². The summed E-state index contributed by atoms with van der Waals surface area (Å²) in [5.41, 5.74) is 0. The summed E-state index contributed by atoms with van der Waals surface area (Å²) in [6.07, 6.45) is 0.496. The van der Waals surface area contributed by atoms with Crippen molar-refractivity contribution in [1.82, 2.24) is 4.31 Å². The van der Waals surface area contributed by atoms with Crippen LogP contribution in [0.3, 0.4) is 0 Å². The van der Waals surface area contributed by atoms with E-state index < -0.39 is 10.0 Å². The fraction of sp³-hybridized carbons (Fsp3) is 1.00. The van der Waals surface area contributed by atoms with Crippen LogP contribution in [0.4, 0.5) is 0 Å². The maximum absolute atomic E-state index is 11.9. The summed E-state index contributed by atoms with van der Waals surface area (Å²) in [5, 5.41) is 8.72. The molecule has 0 aromatic heterocycles. The van der Waals surface area contributed by atoms with Gasteiger partial charge in [-0.05, 0) is 26.2 Å². The molecule has 0 heterocycles. The number of aliphatic hydroxyl groups excluding tert-OH is 1. The van der Waals surface area contributed by atoms with E-state index >= 15 is 0 Å². The third kappa shape index (κ3) is 5.49. The summed E-state index contributed by atoms with van der Waals surface area (Å²) in [6, 6.07) is -0.0414. The Morgan fingerprint density at radius 1 is 1.20 bits per heavy atom. The number of hydrogen-bond donors (Lipinski definition) is 1. The van der Waals surface area contributed by atoms with Gasteiger partial charge in [0.05, 0.1) is 5.75 Å². The minimum atomic E-state index is -3.17. The molecule has 0 aliphatic rings. The van der Waals surface area contributed by atoms with Crippen molar-refractivity contribution in [2.24, 2.45) is 5.92 Å². The Hall–Kier alpha value is -0.130. The maximum Gasteiger partial charge on any atom is 0.214 e. The highest BCUT2D eigenvalue weighted by Crippen LogP contribution is 2.11. The number of sulfonamides is 1. The SMILES string of the molecule is CC(C)CS(=O)(=O)N(CCCO)C(C)C. The van der Waals surface area contributed by atoms with E-state index in [2.05, 4.69) is 0 Å². The first-order valence-electron chi connectivity index (χ1n) is 5.41. The first-order chi connectivity index (χ1) is 6.81. The molecule has 0 saturated carbocycles. The van der Waals surface area contributed by atoms with Gasteiger partial charge in [-0.3, -0.25) is 0 Å². The molecule has 0 aliphatic heterocycles. The van der Waals surface area contributed by atoms with Crippen LogP contribution in [0.1, 0.15) is 34.1 Å². The first-order valence-corrected chi connectivity index (χ1v) is 7.02. The Bertz CT molecular complexity index is 260. The van der Waals surface area contributed by atoms with E-state index in [0.29, 0.717) is 13.0 Å². The second-order valence-corrected chi connectivity index (χ2v) is 6.42. The molecule has 1 N–H and O–H groups in total. The van der Waals surface area contributed by atoms with Gasteiger partial charge in [0.25, 0.3) is 0 Å². The van der Waals surface area contributed by atoms with Crippen LogP contribution in [-0.4, -0.2) is 42.8 Å². The van der Waals surface area contributed by atoms with Crippen molar-refractivity contribution in [3.8, 4) is 0 Å². The molecule has 0 radical (unpaired) electrons. The van der Waals surface area contributed by atoms with E-state index in [1.807, 2.05) is 27.7 Å². The van der Waals surface area contributed by atoms with E-state index in [9.17, 15) is 8.42 Å². The molecular weight excluding hydrogens is 214 g/mol. The Morgan fingerprint density at radius 2 is 1.73 bits per heavy atom. The number of nitrogens with zero attached hydrogens (tertiary/aromatic N) is 1. The highest BCUT2D eigenvalue weighted by atomic mass is 32.2. The summed E-state index contributed by atoms with van der Waals surface area (Å²) in [5.74, 6) is 0.307. The molecule has 15 heavy (non-hydrogen) atoms. The topological polar surface area (TPSA) is 57.6 Å². The summed E-state index contributed by atoms with van der Waals surface area (Å²) in [4.78, 5) is 0. The van der Waals surface area contributed by atoms with Crippen LogP contribution >= 0.6 is 0 Å². The van der Waals surface area contributed by atoms with Gasteiger partial charge in [0.1, 0.15) is 0 Å². The standard InChI is InChI=1S/C10H23NO3S/c1-9(2)8-15(13,14)11(10(3)4)6-5-7-12/h9-10,12H,5-8H2,1-4H3. The number of hydrogen-bond acceptors (Lipinski definition) is 3. The molecule has 0 amide bonds. The Labute approximate surface area is 93.3 Å². The van der Waals surface area contributed by atoms with Crippen LogP contribution in [0.25, 0.3) is 0 Å². The molecule has 0 aromatic carbocycles. The molecule has 0 unspecified atom stereocenters. The average molecular weight is 237 g/mol. The van der Waals surface area contributed by atoms with Crippen LogP contribution in [0.2, 0.25) is 0 Å². The number of aliphatic hydroxyl groups is 1. The summed E-state index contributed by atoms with van der Waals surface area (Å²) in [6.45, 7) is 7.93. The van der Waals surface area contributed by atoms with Crippen molar-refractivity contribution in [3.63, 3.8) is 0 Å². The predicted molar refractivity (Wildman–Crippen MR) is 62.2 cm³/mol. The lowest BCUT2D eigenvalue weighted by Gasteiger charge is -2.26. The lowest BCUT2D eigenvalue weighted by atomic mass is 10.3. The highest BCUT2D eigenvalue weighted by Gasteiger charge is 2.24.